The van der Waals surface area contributed by atoms with Gasteiger partial charge in [-0.15, -0.1) is 12.4 Å². The van der Waals surface area contributed by atoms with Crippen molar-refractivity contribution in [3.05, 3.63) is 29.3 Å². The van der Waals surface area contributed by atoms with Crippen LogP contribution in [0.25, 0.3) is 0 Å². The first-order chi connectivity index (χ1) is 9.11. The summed E-state index contributed by atoms with van der Waals surface area (Å²) in [7, 11) is 0. The molecule has 1 aromatic rings. The largest absolute Gasteiger partial charge is 0.328 e. The van der Waals surface area contributed by atoms with Crippen LogP contribution >= 0.6 is 12.4 Å². The second kappa shape index (κ2) is 7.65. The van der Waals surface area contributed by atoms with Gasteiger partial charge < -0.3 is 11.1 Å². The molecule has 1 amide bonds. The van der Waals surface area contributed by atoms with E-state index in [1.54, 1.807) is 0 Å². The number of carbonyl (C=O) groups is 1. The van der Waals surface area contributed by atoms with Crippen LogP contribution in [0.2, 0.25) is 0 Å². The summed E-state index contributed by atoms with van der Waals surface area (Å²) in [6.45, 7) is 4.16. The number of carbonyl (C=O) groups excluding carboxylic acids is 1. The molecule has 0 bridgehead atoms. The minimum Gasteiger partial charge on any atom is -0.328 e. The summed E-state index contributed by atoms with van der Waals surface area (Å²) in [5.41, 5.74) is 9.29. The van der Waals surface area contributed by atoms with Crippen LogP contribution in [0, 0.1) is 12.8 Å². The van der Waals surface area contributed by atoms with Gasteiger partial charge in [0.05, 0.1) is 0 Å². The van der Waals surface area contributed by atoms with E-state index in [1.807, 2.05) is 19.1 Å². The van der Waals surface area contributed by atoms with Crippen molar-refractivity contribution in [2.24, 2.45) is 11.7 Å². The number of nitrogens with one attached hydrogen (secondary N) is 1. The van der Waals surface area contributed by atoms with Gasteiger partial charge in [0.15, 0.2) is 0 Å². The molecule has 1 saturated carbocycles. The fraction of sp³-hybridized carbons (Fsp3) is 0.562. The van der Waals surface area contributed by atoms with Gasteiger partial charge in [0.1, 0.15) is 0 Å². The van der Waals surface area contributed by atoms with Crippen LogP contribution in [-0.4, -0.2) is 11.9 Å². The Balaban J connectivity index is 0.00000200. The lowest BCUT2D eigenvalue weighted by atomic mass is 9.85. The Morgan fingerprint density at radius 3 is 2.80 bits per heavy atom. The average molecular weight is 297 g/mol. The second-order valence-electron chi connectivity index (χ2n) is 5.58. The molecule has 1 aliphatic carbocycles. The summed E-state index contributed by atoms with van der Waals surface area (Å²) in [4.78, 5) is 12.4. The summed E-state index contributed by atoms with van der Waals surface area (Å²) in [6.07, 6.45) is 4.83. The average Bonchev–Trinajstić information content (AvgIpc) is 2.41. The van der Waals surface area contributed by atoms with Crippen molar-refractivity contribution in [3.8, 4) is 0 Å². The van der Waals surface area contributed by atoms with Gasteiger partial charge in [0.25, 0.3) is 0 Å². The standard InChI is InChI=1S/C16H24N2O.ClH/c1-3-12-7-4-6-11(2)15(12)18-16(19)13-8-5-9-14(17)10-13;/h4,6-7,13-14H,3,5,8-10,17H2,1-2H3,(H,18,19);1H. The molecule has 2 rings (SSSR count). The Hall–Kier alpha value is -1.06. The lowest BCUT2D eigenvalue weighted by molar-refractivity contribution is -0.120. The van der Waals surface area contributed by atoms with Gasteiger partial charge in [-0.2, -0.15) is 0 Å². The molecule has 0 radical (unpaired) electrons. The molecule has 0 heterocycles. The van der Waals surface area contributed by atoms with Crippen LogP contribution < -0.4 is 11.1 Å². The number of benzene rings is 1. The van der Waals surface area contributed by atoms with E-state index in [9.17, 15) is 4.79 Å². The quantitative estimate of drug-likeness (QED) is 0.898. The van der Waals surface area contributed by atoms with E-state index < -0.39 is 0 Å². The zero-order valence-electron chi connectivity index (χ0n) is 12.3. The van der Waals surface area contributed by atoms with Crippen molar-refractivity contribution in [1.29, 1.82) is 0 Å². The maximum atomic E-state index is 12.4. The van der Waals surface area contributed by atoms with Gasteiger partial charge in [0, 0.05) is 17.6 Å². The van der Waals surface area contributed by atoms with Crippen molar-refractivity contribution in [2.45, 2.75) is 52.0 Å². The van der Waals surface area contributed by atoms with E-state index >= 15 is 0 Å². The third kappa shape index (κ3) is 3.97. The van der Waals surface area contributed by atoms with E-state index in [1.165, 1.54) is 5.56 Å². The topological polar surface area (TPSA) is 55.1 Å². The van der Waals surface area contributed by atoms with Gasteiger partial charge in [-0.1, -0.05) is 31.5 Å². The third-order valence-electron chi connectivity index (χ3n) is 4.07. The van der Waals surface area contributed by atoms with Crippen LogP contribution in [0.3, 0.4) is 0 Å². The number of nitrogens with two attached hydrogens (primary N) is 1. The summed E-state index contributed by atoms with van der Waals surface area (Å²) < 4.78 is 0. The number of rotatable bonds is 3. The summed E-state index contributed by atoms with van der Waals surface area (Å²) in [5, 5.41) is 3.13. The molecule has 4 heteroatoms. The molecule has 0 aliphatic heterocycles. The van der Waals surface area contributed by atoms with E-state index in [2.05, 4.69) is 18.3 Å². The van der Waals surface area contributed by atoms with Gasteiger partial charge in [-0.25, -0.2) is 0 Å². The summed E-state index contributed by atoms with van der Waals surface area (Å²) in [5.74, 6) is 0.215. The van der Waals surface area contributed by atoms with Gasteiger partial charge in [0.2, 0.25) is 5.91 Å². The SMILES string of the molecule is CCc1cccc(C)c1NC(=O)C1CCCC(N)C1.Cl. The predicted octanol–water partition coefficient (Wildman–Crippen LogP) is 3.44. The molecule has 1 aliphatic rings. The zero-order chi connectivity index (χ0) is 13.8. The zero-order valence-corrected chi connectivity index (χ0v) is 13.1. The number of hydrogen-bond acceptors (Lipinski definition) is 2. The van der Waals surface area contributed by atoms with Crippen molar-refractivity contribution >= 4 is 24.0 Å². The molecular weight excluding hydrogens is 272 g/mol. The van der Waals surface area contributed by atoms with Gasteiger partial charge in [-0.3, -0.25) is 4.79 Å². The summed E-state index contributed by atoms with van der Waals surface area (Å²) >= 11 is 0. The van der Waals surface area contributed by atoms with Gasteiger partial charge in [-0.05, 0) is 43.7 Å². The number of aryl methyl sites for hydroxylation is 2. The van der Waals surface area contributed by atoms with E-state index in [-0.39, 0.29) is 30.3 Å². The van der Waals surface area contributed by atoms with E-state index in [4.69, 9.17) is 5.73 Å². The first-order valence-corrected chi connectivity index (χ1v) is 7.26. The second-order valence-corrected chi connectivity index (χ2v) is 5.58. The van der Waals surface area contributed by atoms with E-state index in [0.717, 1.165) is 43.4 Å². The first kappa shape index (κ1) is 17.0. The fourth-order valence-corrected chi connectivity index (χ4v) is 2.89. The molecular formula is C16H25ClN2O. The highest BCUT2D eigenvalue weighted by molar-refractivity contribution is 5.94. The number of halogens is 1. The minimum atomic E-state index is 0. The molecule has 2 atom stereocenters. The fourth-order valence-electron chi connectivity index (χ4n) is 2.89. The number of amides is 1. The van der Waals surface area contributed by atoms with Crippen LogP contribution in [0.15, 0.2) is 18.2 Å². The molecule has 0 spiro atoms. The van der Waals surface area contributed by atoms with Crippen LogP contribution in [0.5, 0.6) is 0 Å². The monoisotopic (exact) mass is 296 g/mol. The molecule has 1 aromatic carbocycles. The van der Waals surface area contributed by atoms with E-state index in [0.29, 0.717) is 0 Å². The summed E-state index contributed by atoms with van der Waals surface area (Å²) in [6, 6.07) is 6.35. The minimum absolute atomic E-state index is 0. The number of hydrogen-bond donors (Lipinski definition) is 2. The number of para-hydroxylation sites is 1. The van der Waals surface area contributed by atoms with Crippen LogP contribution in [0.4, 0.5) is 5.69 Å². The highest BCUT2D eigenvalue weighted by Gasteiger charge is 2.25. The highest BCUT2D eigenvalue weighted by Crippen LogP contribution is 2.27. The lowest BCUT2D eigenvalue weighted by Crippen LogP contribution is -2.34. The maximum absolute atomic E-state index is 12.4. The Labute approximate surface area is 127 Å². The molecule has 0 saturated heterocycles. The lowest BCUT2D eigenvalue weighted by Gasteiger charge is -2.26. The normalized spacial score (nSPS) is 21.9. The smallest absolute Gasteiger partial charge is 0.227 e. The highest BCUT2D eigenvalue weighted by atomic mass is 35.5. The molecule has 1 fully saturated rings. The Morgan fingerprint density at radius 2 is 2.15 bits per heavy atom. The molecule has 3 nitrogen and oxygen atoms in total. The van der Waals surface area contributed by atoms with Crippen LogP contribution in [0.1, 0.15) is 43.7 Å². The molecule has 3 N–H and O–H groups in total. The first-order valence-electron chi connectivity index (χ1n) is 7.26. The Morgan fingerprint density at radius 1 is 1.40 bits per heavy atom. The van der Waals surface area contributed by atoms with Crippen molar-refractivity contribution < 1.29 is 4.79 Å². The molecule has 112 valence electrons. The maximum Gasteiger partial charge on any atom is 0.227 e. The predicted molar refractivity (Wildman–Crippen MR) is 86.4 cm³/mol. The van der Waals surface area contributed by atoms with Crippen molar-refractivity contribution in [2.75, 3.05) is 5.32 Å². The van der Waals surface area contributed by atoms with Crippen LogP contribution in [-0.2, 0) is 11.2 Å². The molecule has 2 unspecified atom stereocenters. The third-order valence-corrected chi connectivity index (χ3v) is 4.07. The Bertz CT molecular complexity index is 462. The number of anilines is 1. The van der Waals surface area contributed by atoms with Gasteiger partial charge >= 0.3 is 0 Å². The molecule has 20 heavy (non-hydrogen) atoms. The molecule has 0 aromatic heterocycles. The van der Waals surface area contributed by atoms with Crippen molar-refractivity contribution in [1.82, 2.24) is 0 Å². The Kier molecular flexibility index (Phi) is 6.50. The van der Waals surface area contributed by atoms with Crippen molar-refractivity contribution in [3.63, 3.8) is 0 Å².